The van der Waals surface area contributed by atoms with Crippen molar-refractivity contribution in [2.45, 2.75) is 39.7 Å². The second-order valence-corrected chi connectivity index (χ2v) is 8.55. The number of para-hydroxylation sites is 2. The van der Waals surface area contributed by atoms with Gasteiger partial charge in [-0.2, -0.15) is 0 Å². The number of amides is 1. The van der Waals surface area contributed by atoms with Crippen LogP contribution in [0, 0.1) is 6.92 Å². The predicted octanol–water partition coefficient (Wildman–Crippen LogP) is 3.36. The van der Waals surface area contributed by atoms with Gasteiger partial charge < -0.3 is 20.3 Å². The number of benzene rings is 1. The number of rotatable bonds is 8. The molecule has 2 heterocycles. The van der Waals surface area contributed by atoms with Gasteiger partial charge in [-0.1, -0.05) is 12.1 Å². The summed E-state index contributed by atoms with van der Waals surface area (Å²) in [7, 11) is 0. The molecule has 0 spiro atoms. The molecule has 0 saturated carbocycles. The molecule has 1 atom stereocenters. The lowest BCUT2D eigenvalue weighted by atomic mass is 10.2. The highest BCUT2D eigenvalue weighted by Crippen LogP contribution is 2.31. The second-order valence-electron chi connectivity index (χ2n) is 7.18. The van der Waals surface area contributed by atoms with Gasteiger partial charge in [-0.15, -0.1) is 11.3 Å². The quantitative estimate of drug-likeness (QED) is 0.395. The highest BCUT2D eigenvalue weighted by atomic mass is 32.1. The molecule has 0 radical (unpaired) electrons. The van der Waals surface area contributed by atoms with Crippen LogP contribution in [-0.2, 0) is 11.2 Å². The second kappa shape index (κ2) is 10.3. The van der Waals surface area contributed by atoms with E-state index in [-0.39, 0.29) is 12.5 Å². The van der Waals surface area contributed by atoms with E-state index in [9.17, 15) is 4.79 Å². The summed E-state index contributed by atoms with van der Waals surface area (Å²) in [6.45, 7) is 8.56. The number of thiophene rings is 1. The Morgan fingerprint density at radius 2 is 2.14 bits per heavy atom. The number of aliphatic imine (C=N–C) groups is 1. The van der Waals surface area contributed by atoms with Crippen LogP contribution in [0.3, 0.4) is 0 Å². The van der Waals surface area contributed by atoms with Crippen LogP contribution in [0.4, 0.5) is 5.69 Å². The Morgan fingerprint density at radius 1 is 1.31 bits per heavy atom. The fourth-order valence-corrected chi connectivity index (χ4v) is 4.34. The highest BCUT2D eigenvalue weighted by molar-refractivity contribution is 7.11. The lowest BCUT2D eigenvalue weighted by molar-refractivity contribution is -0.121. The summed E-state index contributed by atoms with van der Waals surface area (Å²) in [6, 6.07) is 12.3. The number of ether oxygens (including phenoxy) is 1. The normalized spacial score (nSPS) is 14.9. The first-order valence-corrected chi connectivity index (χ1v) is 11.0. The Morgan fingerprint density at radius 3 is 2.90 bits per heavy atom. The van der Waals surface area contributed by atoms with Crippen molar-refractivity contribution in [3.05, 3.63) is 46.2 Å². The number of hydrogen-bond acceptors (Lipinski definition) is 4. The Bertz CT molecular complexity index is 849. The molecule has 7 heteroatoms. The molecule has 2 aromatic rings. The lowest BCUT2D eigenvalue weighted by Crippen LogP contribution is -2.43. The molecule has 2 N–H and O–H groups in total. The minimum Gasteiger partial charge on any atom is -0.482 e. The van der Waals surface area contributed by atoms with Gasteiger partial charge in [-0.05, 0) is 51.5 Å². The zero-order valence-electron chi connectivity index (χ0n) is 17.4. The van der Waals surface area contributed by atoms with Crippen molar-refractivity contribution in [3.8, 4) is 5.75 Å². The Hall–Kier alpha value is -2.54. The van der Waals surface area contributed by atoms with Gasteiger partial charge in [0.05, 0.1) is 5.69 Å². The third-order valence-electron chi connectivity index (χ3n) is 4.65. The van der Waals surface area contributed by atoms with Crippen LogP contribution in [0.2, 0.25) is 0 Å². The van der Waals surface area contributed by atoms with Crippen molar-refractivity contribution in [2.75, 3.05) is 31.1 Å². The molecule has 1 unspecified atom stereocenters. The molecule has 1 aliphatic heterocycles. The van der Waals surface area contributed by atoms with Gasteiger partial charge in [0.1, 0.15) is 5.75 Å². The van der Waals surface area contributed by atoms with Crippen molar-refractivity contribution in [2.24, 2.45) is 4.99 Å². The van der Waals surface area contributed by atoms with E-state index in [0.29, 0.717) is 19.1 Å². The molecule has 1 aromatic carbocycles. The first-order chi connectivity index (χ1) is 14.1. The molecule has 0 bridgehead atoms. The third-order valence-corrected chi connectivity index (χ3v) is 5.67. The van der Waals surface area contributed by atoms with Crippen molar-refractivity contribution >= 4 is 28.9 Å². The molecular weight excluding hydrogens is 384 g/mol. The summed E-state index contributed by atoms with van der Waals surface area (Å²) in [5, 5.41) is 6.79. The van der Waals surface area contributed by atoms with Gasteiger partial charge in [0, 0.05) is 41.9 Å². The molecule has 1 amide bonds. The summed E-state index contributed by atoms with van der Waals surface area (Å²) >= 11 is 1.84. The average molecular weight is 415 g/mol. The molecule has 1 aromatic heterocycles. The van der Waals surface area contributed by atoms with E-state index in [1.165, 1.54) is 9.75 Å². The van der Waals surface area contributed by atoms with Crippen molar-refractivity contribution in [3.63, 3.8) is 0 Å². The van der Waals surface area contributed by atoms with Crippen LogP contribution in [0.15, 0.2) is 41.4 Å². The van der Waals surface area contributed by atoms with Crippen LogP contribution in [0.25, 0.3) is 0 Å². The summed E-state index contributed by atoms with van der Waals surface area (Å²) in [4.78, 5) is 21.5. The van der Waals surface area contributed by atoms with E-state index in [1.807, 2.05) is 35.6 Å². The number of guanidine groups is 1. The fraction of sp³-hybridized carbons (Fsp3) is 0.455. The maximum absolute atomic E-state index is 12.2. The van der Waals surface area contributed by atoms with E-state index in [4.69, 9.17) is 9.73 Å². The minimum atomic E-state index is -0.00225. The Balaban J connectivity index is 1.52. The van der Waals surface area contributed by atoms with Gasteiger partial charge in [-0.25, -0.2) is 0 Å². The number of fused-ring (bicyclic) bond motifs is 1. The molecule has 0 saturated heterocycles. The van der Waals surface area contributed by atoms with Crippen LogP contribution >= 0.6 is 11.3 Å². The van der Waals surface area contributed by atoms with Gasteiger partial charge in [-0.3, -0.25) is 9.79 Å². The zero-order chi connectivity index (χ0) is 20.6. The van der Waals surface area contributed by atoms with E-state index >= 15 is 0 Å². The number of nitrogens with one attached hydrogen (secondary N) is 2. The van der Waals surface area contributed by atoms with Crippen molar-refractivity contribution < 1.29 is 9.53 Å². The lowest BCUT2D eigenvalue weighted by Gasteiger charge is -2.29. The number of nitrogens with zero attached hydrogens (tertiary/aromatic N) is 2. The van der Waals surface area contributed by atoms with Gasteiger partial charge in [0.2, 0.25) is 0 Å². The number of aryl methyl sites for hydroxylation is 1. The zero-order valence-corrected chi connectivity index (χ0v) is 18.2. The topological polar surface area (TPSA) is 66.0 Å². The average Bonchev–Trinajstić information content (AvgIpc) is 3.11. The predicted molar refractivity (Wildman–Crippen MR) is 120 cm³/mol. The molecule has 0 fully saturated rings. The largest absolute Gasteiger partial charge is 0.482 e. The van der Waals surface area contributed by atoms with Gasteiger partial charge in [0.15, 0.2) is 12.6 Å². The van der Waals surface area contributed by atoms with E-state index in [2.05, 4.69) is 43.5 Å². The minimum absolute atomic E-state index is 0.00225. The molecule has 0 aliphatic carbocycles. The standard InChI is InChI=1S/C22H30N4O2S/c1-4-23-22(25-16(2)14-18-11-10-17(3)29-18)24-12-7-13-26-19-8-5-6-9-20(19)28-15-21(26)27/h5-6,8-11,16H,4,7,12-15H2,1-3H3,(H2,23,24,25). The molecule has 156 valence electrons. The number of carbonyl (C=O) groups is 1. The van der Waals surface area contributed by atoms with Crippen LogP contribution < -0.4 is 20.3 Å². The van der Waals surface area contributed by atoms with E-state index in [0.717, 1.165) is 36.8 Å². The highest BCUT2D eigenvalue weighted by Gasteiger charge is 2.24. The van der Waals surface area contributed by atoms with Gasteiger partial charge >= 0.3 is 0 Å². The molecule has 29 heavy (non-hydrogen) atoms. The summed E-state index contributed by atoms with van der Waals surface area (Å²) in [5.74, 6) is 1.59. The van der Waals surface area contributed by atoms with Crippen molar-refractivity contribution in [1.82, 2.24) is 10.6 Å². The van der Waals surface area contributed by atoms with E-state index in [1.54, 1.807) is 4.90 Å². The first kappa shape index (κ1) is 21.2. The summed E-state index contributed by atoms with van der Waals surface area (Å²) in [6.07, 6.45) is 1.76. The first-order valence-electron chi connectivity index (χ1n) is 10.2. The van der Waals surface area contributed by atoms with Crippen LogP contribution in [0.5, 0.6) is 5.75 Å². The smallest absolute Gasteiger partial charge is 0.265 e. The molecule has 6 nitrogen and oxygen atoms in total. The third kappa shape index (κ3) is 5.97. The summed E-state index contributed by atoms with van der Waals surface area (Å²) in [5.41, 5.74) is 0.845. The Labute approximate surface area is 177 Å². The SMILES string of the molecule is CCNC(=NCCCN1C(=O)COc2ccccc21)NC(C)Cc1ccc(C)s1. The molecule has 1 aliphatic rings. The monoisotopic (exact) mass is 414 g/mol. The van der Waals surface area contributed by atoms with Crippen LogP contribution in [-0.4, -0.2) is 44.1 Å². The molecule has 3 rings (SSSR count). The van der Waals surface area contributed by atoms with Gasteiger partial charge in [0.25, 0.3) is 5.91 Å². The maximum Gasteiger partial charge on any atom is 0.265 e. The number of anilines is 1. The maximum atomic E-state index is 12.2. The van der Waals surface area contributed by atoms with E-state index < -0.39 is 0 Å². The Kier molecular flexibility index (Phi) is 7.52. The van der Waals surface area contributed by atoms with Crippen LogP contribution in [0.1, 0.15) is 30.0 Å². The van der Waals surface area contributed by atoms with Crippen molar-refractivity contribution in [1.29, 1.82) is 0 Å². The fourth-order valence-electron chi connectivity index (χ4n) is 3.32. The molecular formula is C22H30N4O2S. The number of carbonyl (C=O) groups excluding carboxylic acids is 1. The number of hydrogen-bond donors (Lipinski definition) is 2. The summed E-state index contributed by atoms with van der Waals surface area (Å²) < 4.78 is 5.50.